The van der Waals surface area contributed by atoms with Crippen molar-refractivity contribution in [1.82, 2.24) is 0 Å². The lowest BCUT2D eigenvalue weighted by Gasteiger charge is -2.12. The van der Waals surface area contributed by atoms with Crippen molar-refractivity contribution in [2.45, 2.75) is 18.9 Å². The molecule has 1 aliphatic rings. The second kappa shape index (κ2) is 7.04. The van der Waals surface area contributed by atoms with Crippen LogP contribution in [0.15, 0.2) is 42.5 Å². The fourth-order valence-corrected chi connectivity index (χ4v) is 2.42. The van der Waals surface area contributed by atoms with Crippen LogP contribution in [0, 0.1) is 11.8 Å². The first-order valence-corrected chi connectivity index (χ1v) is 6.87. The number of aliphatic hydroxyl groups excluding tert-OH is 1. The number of allylic oxidation sites excluding steroid dienone is 1. The summed E-state index contributed by atoms with van der Waals surface area (Å²) in [6.45, 7) is 0.0823. The van der Waals surface area contributed by atoms with Crippen LogP contribution in [0.2, 0.25) is 0 Å². The summed E-state index contributed by atoms with van der Waals surface area (Å²) in [6.07, 6.45) is 3.07. The number of ketones is 1. The number of ether oxygens (including phenoxy) is 1. The van der Waals surface area contributed by atoms with Gasteiger partial charge in [-0.2, -0.15) is 0 Å². The number of para-hydroxylation sites is 1. The summed E-state index contributed by atoms with van der Waals surface area (Å²) < 4.78 is 5.39. The lowest BCUT2D eigenvalue weighted by molar-refractivity contribution is -0.145. The van der Waals surface area contributed by atoms with Gasteiger partial charge in [0.2, 0.25) is 0 Å². The average Bonchev–Trinajstić information content (AvgIpc) is 2.85. The molecule has 2 rings (SSSR count). The maximum Gasteiger partial charge on any atom is 0.314 e. The van der Waals surface area contributed by atoms with Crippen LogP contribution in [0.1, 0.15) is 12.8 Å². The highest BCUT2D eigenvalue weighted by atomic mass is 16.5. The van der Waals surface area contributed by atoms with E-state index >= 15 is 0 Å². The van der Waals surface area contributed by atoms with Gasteiger partial charge in [0.05, 0.1) is 0 Å². The predicted molar refractivity (Wildman–Crippen MR) is 75.9 cm³/mol. The molecule has 3 atom stereocenters. The van der Waals surface area contributed by atoms with Gasteiger partial charge in [-0.15, -0.1) is 0 Å². The third-order valence-electron chi connectivity index (χ3n) is 3.51. The zero-order valence-corrected chi connectivity index (χ0v) is 11.5. The molecule has 0 aromatic heterocycles. The molecule has 21 heavy (non-hydrogen) atoms. The Morgan fingerprint density at radius 2 is 2.10 bits per heavy atom. The molecule has 3 unspecified atom stereocenters. The summed E-state index contributed by atoms with van der Waals surface area (Å²) in [5.74, 6) is -2.01. The van der Waals surface area contributed by atoms with E-state index in [1.807, 2.05) is 18.2 Å². The van der Waals surface area contributed by atoms with Gasteiger partial charge >= 0.3 is 5.97 Å². The highest BCUT2D eigenvalue weighted by Crippen LogP contribution is 2.30. The standard InChI is InChI=1S/C16H18O5/c17-12(10-21-13-4-2-1-3-5-13)8-6-11-7-9-14(18)15(11)16(19)20/h1-6,8,11-12,15,17H,7,9-10H2,(H,19,20). The molecular formula is C16H18O5. The molecule has 0 spiro atoms. The molecule has 0 saturated heterocycles. The fraction of sp³-hybridized carbons (Fsp3) is 0.375. The van der Waals surface area contributed by atoms with Gasteiger partial charge in [-0.1, -0.05) is 30.4 Å². The number of carbonyl (C=O) groups is 2. The van der Waals surface area contributed by atoms with Gasteiger partial charge < -0.3 is 14.9 Å². The van der Waals surface area contributed by atoms with Gasteiger partial charge in [-0.05, 0) is 24.5 Å². The first-order chi connectivity index (χ1) is 10.1. The second-order valence-corrected chi connectivity index (χ2v) is 5.06. The molecule has 0 bridgehead atoms. The van der Waals surface area contributed by atoms with E-state index in [-0.39, 0.29) is 24.7 Å². The van der Waals surface area contributed by atoms with Crippen molar-refractivity contribution in [3.8, 4) is 5.75 Å². The number of rotatable bonds is 6. The number of hydrogen-bond donors (Lipinski definition) is 2. The van der Waals surface area contributed by atoms with Crippen molar-refractivity contribution in [2.24, 2.45) is 11.8 Å². The summed E-state index contributed by atoms with van der Waals surface area (Å²) in [7, 11) is 0. The van der Waals surface area contributed by atoms with E-state index in [1.54, 1.807) is 18.2 Å². The van der Waals surface area contributed by atoms with E-state index in [4.69, 9.17) is 9.84 Å². The summed E-state index contributed by atoms with van der Waals surface area (Å²) in [4.78, 5) is 22.5. The molecule has 1 aromatic rings. The molecule has 2 N–H and O–H groups in total. The van der Waals surface area contributed by atoms with Crippen molar-refractivity contribution < 1.29 is 24.5 Å². The average molecular weight is 290 g/mol. The molecule has 0 radical (unpaired) electrons. The van der Waals surface area contributed by atoms with Crippen molar-refractivity contribution in [3.05, 3.63) is 42.5 Å². The molecule has 0 amide bonds. The lowest BCUT2D eigenvalue weighted by Crippen LogP contribution is -2.24. The zero-order valence-electron chi connectivity index (χ0n) is 11.5. The van der Waals surface area contributed by atoms with Crippen LogP contribution in [0.25, 0.3) is 0 Å². The monoisotopic (exact) mass is 290 g/mol. The Balaban J connectivity index is 1.86. The van der Waals surface area contributed by atoms with Gasteiger partial charge in [0, 0.05) is 6.42 Å². The van der Waals surface area contributed by atoms with E-state index < -0.39 is 18.0 Å². The van der Waals surface area contributed by atoms with Crippen LogP contribution in [0.4, 0.5) is 0 Å². The predicted octanol–water partition coefficient (Wildman–Crippen LogP) is 1.66. The van der Waals surface area contributed by atoms with Crippen molar-refractivity contribution >= 4 is 11.8 Å². The van der Waals surface area contributed by atoms with Gasteiger partial charge in [0.15, 0.2) is 0 Å². The Morgan fingerprint density at radius 3 is 2.76 bits per heavy atom. The normalized spacial score (nSPS) is 23.4. The Kier molecular flexibility index (Phi) is 5.11. The van der Waals surface area contributed by atoms with Gasteiger partial charge in [-0.3, -0.25) is 9.59 Å². The van der Waals surface area contributed by atoms with Gasteiger partial charge in [0.25, 0.3) is 0 Å². The van der Waals surface area contributed by atoms with Crippen LogP contribution in [-0.4, -0.2) is 34.7 Å². The van der Waals surface area contributed by atoms with Gasteiger partial charge in [0.1, 0.15) is 30.2 Å². The number of hydrogen-bond acceptors (Lipinski definition) is 4. The summed E-state index contributed by atoms with van der Waals surface area (Å²) in [5, 5.41) is 18.8. The van der Waals surface area contributed by atoms with Gasteiger partial charge in [-0.25, -0.2) is 0 Å². The van der Waals surface area contributed by atoms with Crippen molar-refractivity contribution in [1.29, 1.82) is 0 Å². The number of aliphatic hydroxyl groups is 1. The molecular weight excluding hydrogens is 272 g/mol. The van der Waals surface area contributed by atoms with Crippen LogP contribution in [-0.2, 0) is 9.59 Å². The number of carbonyl (C=O) groups excluding carboxylic acids is 1. The van der Waals surface area contributed by atoms with Crippen LogP contribution >= 0.6 is 0 Å². The molecule has 1 fully saturated rings. The molecule has 5 heteroatoms. The zero-order chi connectivity index (χ0) is 15.2. The molecule has 5 nitrogen and oxygen atoms in total. The van der Waals surface area contributed by atoms with E-state index in [2.05, 4.69) is 0 Å². The summed E-state index contributed by atoms with van der Waals surface area (Å²) in [6, 6.07) is 9.10. The minimum absolute atomic E-state index is 0.0823. The Labute approximate surface area is 122 Å². The number of Topliss-reactive ketones (excluding diaryl/α,β-unsaturated/α-hetero) is 1. The van der Waals surface area contributed by atoms with Crippen LogP contribution in [0.3, 0.4) is 0 Å². The molecule has 0 heterocycles. The molecule has 1 aliphatic carbocycles. The summed E-state index contributed by atoms with van der Waals surface area (Å²) >= 11 is 0. The lowest BCUT2D eigenvalue weighted by atomic mass is 9.95. The number of carboxylic acid groups (broad SMARTS) is 1. The topological polar surface area (TPSA) is 83.8 Å². The number of benzene rings is 1. The molecule has 0 aliphatic heterocycles. The first kappa shape index (κ1) is 15.3. The Morgan fingerprint density at radius 1 is 1.38 bits per heavy atom. The minimum atomic E-state index is -1.10. The highest BCUT2D eigenvalue weighted by molar-refractivity contribution is 6.00. The van der Waals surface area contributed by atoms with Crippen LogP contribution < -0.4 is 4.74 Å². The third kappa shape index (κ3) is 4.16. The molecule has 1 aromatic carbocycles. The maximum atomic E-state index is 11.5. The molecule has 1 saturated carbocycles. The van der Waals surface area contributed by atoms with E-state index in [0.29, 0.717) is 12.2 Å². The number of aliphatic carboxylic acids is 1. The Bertz CT molecular complexity index is 523. The third-order valence-corrected chi connectivity index (χ3v) is 3.51. The fourth-order valence-electron chi connectivity index (χ4n) is 2.42. The minimum Gasteiger partial charge on any atom is -0.491 e. The second-order valence-electron chi connectivity index (χ2n) is 5.06. The SMILES string of the molecule is O=C(O)C1C(=O)CCC1C=CC(O)COc1ccccc1. The first-order valence-electron chi connectivity index (χ1n) is 6.87. The van der Waals surface area contributed by atoms with E-state index in [9.17, 15) is 14.7 Å². The van der Waals surface area contributed by atoms with Crippen molar-refractivity contribution in [2.75, 3.05) is 6.61 Å². The maximum absolute atomic E-state index is 11.5. The smallest absolute Gasteiger partial charge is 0.314 e. The van der Waals surface area contributed by atoms with Crippen LogP contribution in [0.5, 0.6) is 5.75 Å². The highest BCUT2D eigenvalue weighted by Gasteiger charge is 2.38. The summed E-state index contributed by atoms with van der Waals surface area (Å²) in [5.41, 5.74) is 0. The quantitative estimate of drug-likeness (QED) is 0.615. The number of carboxylic acids is 1. The van der Waals surface area contributed by atoms with E-state index in [0.717, 1.165) is 0 Å². The Hall–Kier alpha value is -2.14. The molecule has 112 valence electrons. The van der Waals surface area contributed by atoms with E-state index in [1.165, 1.54) is 6.08 Å². The largest absolute Gasteiger partial charge is 0.491 e. The van der Waals surface area contributed by atoms with Crippen molar-refractivity contribution in [3.63, 3.8) is 0 Å².